The van der Waals surface area contributed by atoms with Gasteiger partial charge in [0.1, 0.15) is 12.4 Å². The number of fused-ring (bicyclic) bond motifs is 2. The minimum Gasteiger partial charge on any atom is -0.461 e. The molecule has 0 saturated heterocycles. The predicted molar refractivity (Wildman–Crippen MR) is 315 cm³/mol. The number of benzene rings is 3. The molecule has 11 heteroatoms. The second-order valence-corrected chi connectivity index (χ2v) is 41.4. The molecule has 400 valence electrons. The molecule has 6 rings (SSSR count). The molecule has 0 N–H and O–H groups in total. The number of esters is 1. The average molecular weight is 1060 g/mol. The first-order valence-electron chi connectivity index (χ1n) is 27.7. The second kappa shape index (κ2) is 24.4. The molecule has 0 bridgehead atoms. The molecule has 6 atom stereocenters. The maximum absolute atomic E-state index is 13.5. The molecule has 0 amide bonds. The van der Waals surface area contributed by atoms with E-state index in [-0.39, 0.29) is 57.7 Å². The average Bonchev–Trinajstić information content (AvgIpc) is 3.87. The number of unbranched alkanes of at least 4 members (excludes halogenated alkanes) is 3. The number of thiophene rings is 1. The molecule has 0 spiro atoms. The van der Waals surface area contributed by atoms with Gasteiger partial charge in [-0.15, -0.1) is 11.3 Å². The van der Waals surface area contributed by atoms with E-state index in [1.807, 2.05) is 60.0 Å². The molecule has 0 radical (unpaired) electrons. The van der Waals surface area contributed by atoms with Crippen LogP contribution in [0.15, 0.2) is 91.3 Å². The van der Waals surface area contributed by atoms with E-state index in [2.05, 4.69) is 150 Å². The summed E-state index contributed by atoms with van der Waals surface area (Å²) in [5, 5.41) is 3.76. The third-order valence-corrected chi connectivity index (χ3v) is 32.3. The van der Waals surface area contributed by atoms with Crippen molar-refractivity contribution in [3.8, 4) is 0 Å². The molecule has 1 fully saturated rings. The maximum atomic E-state index is 13.5. The van der Waals surface area contributed by atoms with Crippen LogP contribution in [0.2, 0.25) is 54.4 Å². The van der Waals surface area contributed by atoms with Gasteiger partial charge in [0.15, 0.2) is 25.0 Å². The fourth-order valence-corrected chi connectivity index (χ4v) is 15.2. The van der Waals surface area contributed by atoms with E-state index in [1.165, 1.54) is 15.0 Å². The largest absolute Gasteiger partial charge is 0.461 e. The van der Waals surface area contributed by atoms with Gasteiger partial charge < -0.3 is 18.0 Å². The van der Waals surface area contributed by atoms with Crippen LogP contribution in [0.5, 0.6) is 0 Å². The highest BCUT2D eigenvalue weighted by Crippen LogP contribution is 2.51. The molecule has 2 heterocycles. The van der Waals surface area contributed by atoms with Crippen molar-refractivity contribution < 1.29 is 27.6 Å². The second-order valence-electron chi connectivity index (χ2n) is 26.0. The molecule has 0 aliphatic heterocycles. The summed E-state index contributed by atoms with van der Waals surface area (Å²) >= 11 is 1.90. The Hall–Kier alpha value is -3.30. The smallest absolute Gasteiger partial charge is 0.306 e. The molecule has 7 nitrogen and oxygen atoms in total. The van der Waals surface area contributed by atoms with Gasteiger partial charge in [0.25, 0.3) is 0 Å². The van der Waals surface area contributed by atoms with Gasteiger partial charge in [-0.3, -0.25) is 14.6 Å². The van der Waals surface area contributed by atoms with Gasteiger partial charge in [0.2, 0.25) is 0 Å². The van der Waals surface area contributed by atoms with Crippen LogP contribution in [0.4, 0.5) is 0 Å². The highest BCUT2D eigenvalue weighted by atomic mass is 32.1. The van der Waals surface area contributed by atoms with Gasteiger partial charge >= 0.3 is 5.97 Å². The van der Waals surface area contributed by atoms with Crippen molar-refractivity contribution in [2.24, 2.45) is 11.8 Å². The number of hydrogen-bond donors (Lipinski definition) is 0. The third-order valence-electron chi connectivity index (χ3n) is 17.6. The fraction of sp³-hybridized carbons (Fsp3) is 0.597. The minimum atomic E-state index is -2.12. The summed E-state index contributed by atoms with van der Waals surface area (Å²) in [6, 6.07) is 27.3. The number of Topliss-reactive ketones (excluding diaryl/α,β-unsaturated/α-hetero) is 1. The van der Waals surface area contributed by atoms with Gasteiger partial charge in [-0.1, -0.05) is 149 Å². The standard InChI is InChI=1S/C62H93NO6SSi3/c1-17-50(53(64)39-45-30-33-49-42-63-37-36-47(49)38-45)46-31-28-44(29-32-46)43-66-59(65)27-21-19-18-20-25-51-52(56(69-73(15,16)62(8,9)10)41-55(51)68-72(13,14)61(5,6)7)34-35-54(67-71(11,12)60(2,3)4)58-40-48-24-22-23-26-57(48)70-58/h22-24,26,28-33,36-38,40,42,50-52,54-56H,17-21,25,27,34-35,39,41,43H2,1-16H3/t50?,51-,52-,54-,55+,56-/m1/s1. The van der Waals surface area contributed by atoms with E-state index in [4.69, 9.17) is 18.0 Å². The van der Waals surface area contributed by atoms with Crippen LogP contribution >= 0.6 is 11.3 Å². The number of carbonyl (C=O) groups is 2. The fourth-order valence-electron chi connectivity index (χ4n) is 9.91. The predicted octanol–water partition coefficient (Wildman–Crippen LogP) is 18.1. The Labute approximate surface area is 448 Å². The number of carbonyl (C=O) groups excluding carboxylic acids is 2. The monoisotopic (exact) mass is 1060 g/mol. The SMILES string of the molecule is CCC(C(=O)Cc1ccc2cnccc2c1)c1ccc(COC(=O)CCCCCC[C@@H]2[C@@H](CC[C@@H](O[Si](C)(C)C(C)(C)C)c3cc4ccccc4s3)[C@H](O[Si](C)(C)C(C)(C)C)C[C@@H]2O[Si](C)(C)C(C)(C)C)cc1. The van der Waals surface area contributed by atoms with E-state index in [0.717, 1.165) is 85.3 Å². The Morgan fingerprint density at radius 3 is 1.89 bits per heavy atom. The van der Waals surface area contributed by atoms with Gasteiger partial charge in [0, 0.05) is 46.1 Å². The molecule has 3 aromatic carbocycles. The molecule has 1 saturated carbocycles. The van der Waals surface area contributed by atoms with Crippen LogP contribution in [0.1, 0.15) is 167 Å². The van der Waals surface area contributed by atoms with E-state index in [1.54, 1.807) is 6.20 Å². The Morgan fingerprint density at radius 2 is 1.27 bits per heavy atom. The summed E-state index contributed by atoms with van der Waals surface area (Å²) in [7, 11) is -6.33. The van der Waals surface area contributed by atoms with Crippen molar-refractivity contribution in [2.45, 2.75) is 225 Å². The highest BCUT2D eigenvalue weighted by molar-refractivity contribution is 7.19. The Kier molecular flexibility index (Phi) is 19.7. The van der Waals surface area contributed by atoms with Crippen molar-refractivity contribution >= 4 is 68.9 Å². The molecule has 1 aliphatic carbocycles. The number of rotatable bonds is 24. The molecule has 5 aromatic rings. The molecule has 73 heavy (non-hydrogen) atoms. The Balaban J connectivity index is 1.09. The normalized spacial score (nSPS) is 19.1. The van der Waals surface area contributed by atoms with E-state index >= 15 is 0 Å². The van der Waals surface area contributed by atoms with Gasteiger partial charge in [-0.25, -0.2) is 0 Å². The van der Waals surface area contributed by atoms with Crippen LogP contribution < -0.4 is 0 Å². The number of aromatic nitrogens is 1. The first kappa shape index (κ1) is 59.0. The number of ketones is 1. The summed E-state index contributed by atoms with van der Waals surface area (Å²) in [4.78, 5) is 32.1. The quantitative estimate of drug-likeness (QED) is 0.0346. The van der Waals surface area contributed by atoms with Crippen molar-refractivity contribution in [3.63, 3.8) is 0 Å². The summed E-state index contributed by atoms with van der Waals surface area (Å²) in [6.45, 7) is 38.0. The molecule has 2 aromatic heterocycles. The maximum Gasteiger partial charge on any atom is 0.306 e. The van der Waals surface area contributed by atoms with E-state index < -0.39 is 25.0 Å². The summed E-state index contributed by atoms with van der Waals surface area (Å²) in [6.07, 6.45) is 13.4. The summed E-state index contributed by atoms with van der Waals surface area (Å²) in [5.41, 5.74) is 2.95. The lowest BCUT2D eigenvalue weighted by Gasteiger charge is -2.41. The van der Waals surface area contributed by atoms with Crippen molar-refractivity contribution in [2.75, 3.05) is 0 Å². The number of hydrogen-bond acceptors (Lipinski definition) is 8. The Bertz CT molecular complexity index is 2550. The number of pyridine rings is 1. The lowest BCUT2D eigenvalue weighted by molar-refractivity contribution is -0.145. The molecule has 1 aliphatic rings. The van der Waals surface area contributed by atoms with Crippen molar-refractivity contribution in [3.05, 3.63) is 113 Å². The third kappa shape index (κ3) is 15.4. The Morgan fingerprint density at radius 1 is 0.671 bits per heavy atom. The number of ether oxygens (including phenoxy) is 1. The first-order valence-corrected chi connectivity index (χ1v) is 37.2. The van der Waals surface area contributed by atoms with Crippen LogP contribution in [0, 0.1) is 11.8 Å². The molecular weight excluding hydrogens is 971 g/mol. The zero-order valence-electron chi connectivity index (χ0n) is 47.9. The topological polar surface area (TPSA) is 84.0 Å². The van der Waals surface area contributed by atoms with Crippen LogP contribution in [0.3, 0.4) is 0 Å². The molecular formula is C62H93NO6SSi3. The zero-order chi connectivity index (χ0) is 53.6. The highest BCUT2D eigenvalue weighted by Gasteiger charge is 2.51. The van der Waals surface area contributed by atoms with Crippen LogP contribution in [-0.2, 0) is 40.6 Å². The van der Waals surface area contributed by atoms with Crippen molar-refractivity contribution in [1.29, 1.82) is 0 Å². The van der Waals surface area contributed by atoms with Gasteiger partial charge in [-0.2, -0.15) is 0 Å². The first-order chi connectivity index (χ1) is 34.1. The molecule has 1 unspecified atom stereocenters. The van der Waals surface area contributed by atoms with E-state index in [0.29, 0.717) is 24.7 Å². The van der Waals surface area contributed by atoms with E-state index in [9.17, 15) is 9.59 Å². The summed E-state index contributed by atoms with van der Waals surface area (Å²) < 4.78 is 29.6. The van der Waals surface area contributed by atoms with Crippen LogP contribution in [0.25, 0.3) is 20.9 Å². The van der Waals surface area contributed by atoms with Gasteiger partial charge in [-0.05, 0) is 150 Å². The number of nitrogens with zero attached hydrogens (tertiary/aromatic N) is 1. The minimum absolute atomic E-state index is 0.0293. The summed E-state index contributed by atoms with van der Waals surface area (Å²) in [5.74, 6) is 0.596. The lowest BCUT2D eigenvalue weighted by atomic mass is 9.84. The van der Waals surface area contributed by atoms with Gasteiger partial charge in [0.05, 0.1) is 18.3 Å². The zero-order valence-corrected chi connectivity index (χ0v) is 51.7. The van der Waals surface area contributed by atoms with Crippen LogP contribution in [-0.4, -0.2) is 53.9 Å². The van der Waals surface area contributed by atoms with Crippen molar-refractivity contribution in [1.82, 2.24) is 4.98 Å². The lowest BCUT2D eigenvalue weighted by Crippen LogP contribution is -2.45.